The predicted molar refractivity (Wildman–Crippen MR) is 137 cm³/mol. The van der Waals surface area contributed by atoms with Crippen LogP contribution < -0.4 is 4.74 Å². The van der Waals surface area contributed by atoms with Crippen LogP contribution in [-0.2, 0) is 16.4 Å². The minimum Gasteiger partial charge on any atom is -0.490 e. The number of fused-ring (bicyclic) bond motifs is 1. The average molecular weight is 507 g/mol. The molecular weight excluding hydrogens is 480 g/mol. The maximum absolute atomic E-state index is 12.3. The van der Waals surface area contributed by atoms with Gasteiger partial charge in [0.25, 0.3) is 10.0 Å². The molecule has 2 aromatic carbocycles. The molecule has 0 amide bonds. The zero-order chi connectivity index (χ0) is 24.6. The molecule has 0 radical (unpaired) electrons. The van der Waals surface area contributed by atoms with E-state index in [0.717, 1.165) is 46.0 Å². The predicted octanol–water partition coefficient (Wildman–Crippen LogP) is 5.51. The molecule has 1 aromatic heterocycles. The highest BCUT2D eigenvalue weighted by Crippen LogP contribution is 2.40. The van der Waals surface area contributed by atoms with E-state index in [1.807, 2.05) is 32.0 Å². The standard InChI is InChI=1S/C26H26N4O3S2/c1-16(2)33-24-12-9-17(13-19(24)14-27)25-29-30-26(34-25)23-8-4-6-21-18(5-3-7-22(21)23)15-28-35(31,32)20-10-11-20/h4,6,8-9,12-13,15-16,18,20H,3,5,7,10-11H2,1-2H3/b28-15+. The van der Waals surface area contributed by atoms with Gasteiger partial charge in [-0.3, -0.25) is 0 Å². The fourth-order valence-electron chi connectivity index (χ4n) is 4.41. The molecular formula is C26H26N4O3S2. The van der Waals surface area contributed by atoms with Gasteiger partial charge in [0, 0.05) is 23.3 Å². The van der Waals surface area contributed by atoms with E-state index in [2.05, 4.69) is 26.7 Å². The van der Waals surface area contributed by atoms with E-state index in [4.69, 9.17) is 4.74 Å². The topological polar surface area (TPSA) is 105 Å². The van der Waals surface area contributed by atoms with Crippen LogP contribution in [0.5, 0.6) is 5.75 Å². The molecule has 2 aliphatic rings. The molecule has 1 fully saturated rings. The Labute approximate surface area is 209 Å². The highest BCUT2D eigenvalue weighted by atomic mass is 32.2. The number of ether oxygens (including phenoxy) is 1. The Balaban J connectivity index is 1.44. The summed E-state index contributed by atoms with van der Waals surface area (Å²) < 4.78 is 34.2. The molecule has 3 aromatic rings. The minimum absolute atomic E-state index is 0.0203. The summed E-state index contributed by atoms with van der Waals surface area (Å²) >= 11 is 1.48. The van der Waals surface area contributed by atoms with Crippen molar-refractivity contribution in [1.29, 1.82) is 5.26 Å². The van der Waals surface area contributed by atoms with E-state index in [0.29, 0.717) is 24.2 Å². The van der Waals surface area contributed by atoms with E-state index in [1.54, 1.807) is 18.3 Å². The summed E-state index contributed by atoms with van der Waals surface area (Å²) in [6, 6.07) is 13.8. The van der Waals surface area contributed by atoms with Crippen molar-refractivity contribution in [3.8, 4) is 33.0 Å². The molecule has 7 nitrogen and oxygen atoms in total. The van der Waals surface area contributed by atoms with Crippen LogP contribution in [0.3, 0.4) is 0 Å². The third-order valence-corrected chi connectivity index (χ3v) is 8.99. The van der Waals surface area contributed by atoms with Crippen molar-refractivity contribution in [2.24, 2.45) is 4.40 Å². The molecule has 1 saturated carbocycles. The Kier molecular flexibility index (Phi) is 6.43. The highest BCUT2D eigenvalue weighted by Gasteiger charge is 2.35. The van der Waals surface area contributed by atoms with Crippen LogP contribution in [0.4, 0.5) is 0 Å². The molecule has 1 unspecified atom stereocenters. The second-order valence-corrected chi connectivity index (χ2v) is 12.1. The average Bonchev–Trinajstić information content (AvgIpc) is 3.61. The van der Waals surface area contributed by atoms with Crippen LogP contribution in [0.25, 0.3) is 21.1 Å². The molecule has 5 rings (SSSR count). The van der Waals surface area contributed by atoms with Gasteiger partial charge >= 0.3 is 0 Å². The summed E-state index contributed by atoms with van der Waals surface area (Å²) in [7, 11) is -3.38. The van der Waals surface area contributed by atoms with Crippen molar-refractivity contribution in [3.63, 3.8) is 0 Å². The summed E-state index contributed by atoms with van der Waals surface area (Å²) in [6.07, 6.45) is 5.78. The number of nitrogens with zero attached hydrogens (tertiary/aromatic N) is 4. The van der Waals surface area contributed by atoms with Crippen LogP contribution >= 0.6 is 11.3 Å². The van der Waals surface area contributed by atoms with Gasteiger partial charge in [-0.2, -0.15) is 9.66 Å². The van der Waals surface area contributed by atoms with Gasteiger partial charge in [0.15, 0.2) is 0 Å². The van der Waals surface area contributed by atoms with Crippen molar-refractivity contribution < 1.29 is 13.2 Å². The van der Waals surface area contributed by atoms with Crippen LogP contribution in [0.1, 0.15) is 62.1 Å². The second-order valence-electron chi connectivity index (χ2n) is 9.24. The first kappa shape index (κ1) is 23.6. The molecule has 0 spiro atoms. The third-order valence-electron chi connectivity index (χ3n) is 6.25. The maximum Gasteiger partial charge on any atom is 0.255 e. The summed E-state index contributed by atoms with van der Waals surface area (Å²) in [5, 5.41) is 19.7. The Hall–Kier alpha value is -3.09. The quantitative estimate of drug-likeness (QED) is 0.391. The van der Waals surface area contributed by atoms with Gasteiger partial charge in [0.1, 0.15) is 21.8 Å². The van der Waals surface area contributed by atoms with Gasteiger partial charge < -0.3 is 4.74 Å². The second kappa shape index (κ2) is 9.51. The van der Waals surface area contributed by atoms with Gasteiger partial charge in [-0.1, -0.05) is 29.5 Å². The van der Waals surface area contributed by atoms with Crippen LogP contribution in [0.2, 0.25) is 0 Å². The number of hydrogen-bond acceptors (Lipinski definition) is 7. The molecule has 2 aliphatic carbocycles. The molecule has 180 valence electrons. The lowest BCUT2D eigenvalue weighted by molar-refractivity contribution is 0.242. The molecule has 0 aliphatic heterocycles. The van der Waals surface area contributed by atoms with Crippen molar-refractivity contribution in [2.45, 2.75) is 63.2 Å². The van der Waals surface area contributed by atoms with Crippen LogP contribution in [-0.4, -0.2) is 36.2 Å². The number of hydrogen-bond donors (Lipinski definition) is 0. The lowest BCUT2D eigenvalue weighted by Crippen LogP contribution is -2.13. The third kappa shape index (κ3) is 5.00. The summed E-state index contributed by atoms with van der Waals surface area (Å²) in [5.41, 5.74) is 4.60. The summed E-state index contributed by atoms with van der Waals surface area (Å²) in [4.78, 5) is 0. The van der Waals surface area contributed by atoms with Crippen LogP contribution in [0, 0.1) is 11.3 Å². The molecule has 1 atom stereocenters. The van der Waals surface area contributed by atoms with Gasteiger partial charge in [-0.25, -0.2) is 8.42 Å². The SMILES string of the molecule is CC(C)Oc1ccc(-c2nnc(-c3cccc4c3CCCC4/C=N/S(=O)(=O)C3CC3)s2)cc1C#N. The Bertz CT molecular complexity index is 1430. The largest absolute Gasteiger partial charge is 0.490 e. The normalized spacial score (nSPS) is 17.9. The molecule has 35 heavy (non-hydrogen) atoms. The molecule has 0 saturated heterocycles. The zero-order valence-electron chi connectivity index (χ0n) is 19.6. The number of aromatic nitrogens is 2. The lowest BCUT2D eigenvalue weighted by Gasteiger charge is -2.24. The first-order chi connectivity index (χ1) is 16.9. The fraction of sp³-hybridized carbons (Fsp3) is 0.385. The number of nitriles is 1. The van der Waals surface area contributed by atoms with Gasteiger partial charge in [-0.15, -0.1) is 10.2 Å². The monoisotopic (exact) mass is 506 g/mol. The smallest absolute Gasteiger partial charge is 0.255 e. The fourth-order valence-corrected chi connectivity index (χ4v) is 6.52. The van der Waals surface area contributed by atoms with E-state index in [1.165, 1.54) is 16.9 Å². The lowest BCUT2D eigenvalue weighted by atomic mass is 9.81. The Morgan fingerprint density at radius 3 is 2.71 bits per heavy atom. The van der Waals surface area contributed by atoms with Gasteiger partial charge in [0.2, 0.25) is 0 Å². The van der Waals surface area contributed by atoms with Crippen molar-refractivity contribution in [3.05, 3.63) is 53.1 Å². The van der Waals surface area contributed by atoms with E-state index < -0.39 is 10.0 Å². The number of benzene rings is 2. The molecule has 0 bridgehead atoms. The van der Waals surface area contributed by atoms with Gasteiger partial charge in [0.05, 0.1) is 16.9 Å². The van der Waals surface area contributed by atoms with E-state index in [-0.39, 0.29) is 17.3 Å². The Morgan fingerprint density at radius 2 is 1.97 bits per heavy atom. The Morgan fingerprint density at radius 1 is 1.17 bits per heavy atom. The zero-order valence-corrected chi connectivity index (χ0v) is 21.3. The molecule has 0 N–H and O–H groups in total. The first-order valence-corrected chi connectivity index (χ1v) is 14.1. The van der Waals surface area contributed by atoms with Crippen molar-refractivity contribution in [1.82, 2.24) is 10.2 Å². The van der Waals surface area contributed by atoms with Gasteiger partial charge in [-0.05, 0) is 75.3 Å². The highest BCUT2D eigenvalue weighted by molar-refractivity contribution is 7.91. The minimum atomic E-state index is -3.38. The maximum atomic E-state index is 12.3. The summed E-state index contributed by atoms with van der Waals surface area (Å²) in [6.45, 7) is 3.85. The van der Waals surface area contributed by atoms with Crippen molar-refractivity contribution >= 4 is 27.6 Å². The van der Waals surface area contributed by atoms with Crippen molar-refractivity contribution in [2.75, 3.05) is 0 Å². The number of rotatable bonds is 7. The summed E-state index contributed by atoms with van der Waals surface area (Å²) in [5.74, 6) is 0.538. The number of sulfonamides is 1. The molecule has 1 heterocycles. The van der Waals surface area contributed by atoms with Crippen LogP contribution in [0.15, 0.2) is 40.8 Å². The van der Waals surface area contributed by atoms with E-state index >= 15 is 0 Å². The first-order valence-electron chi connectivity index (χ1n) is 11.8. The van der Waals surface area contributed by atoms with E-state index in [9.17, 15) is 13.7 Å². The molecule has 9 heteroatoms.